The van der Waals surface area contributed by atoms with Crippen molar-refractivity contribution in [2.45, 2.75) is 51.7 Å². The SMILES string of the molecule is CCN(C)CCCNc1cccc2nc(CN(C)[C@H]3CCCc4cccnc43)c(CNC(=O)Nc3ccccc3)n12. The number of aromatic nitrogens is 3. The van der Waals surface area contributed by atoms with Gasteiger partial charge in [-0.3, -0.25) is 14.3 Å². The molecule has 0 saturated heterocycles. The summed E-state index contributed by atoms with van der Waals surface area (Å²) in [6.07, 6.45) is 6.23. The van der Waals surface area contributed by atoms with E-state index in [0.29, 0.717) is 13.1 Å². The summed E-state index contributed by atoms with van der Waals surface area (Å²) in [4.78, 5) is 27.4. The molecule has 3 N–H and O–H groups in total. The van der Waals surface area contributed by atoms with Crippen LogP contribution < -0.4 is 16.0 Å². The maximum Gasteiger partial charge on any atom is 0.319 e. The van der Waals surface area contributed by atoms with Crippen LogP contribution in [0.15, 0.2) is 66.9 Å². The molecule has 2 amide bonds. The maximum atomic E-state index is 12.9. The Morgan fingerprint density at radius 3 is 2.76 bits per heavy atom. The van der Waals surface area contributed by atoms with Crippen molar-refractivity contribution in [1.82, 2.24) is 29.5 Å². The molecule has 9 nitrogen and oxygen atoms in total. The fraction of sp³-hybridized carbons (Fsp3) is 0.406. The minimum Gasteiger partial charge on any atom is -0.371 e. The number of aryl methyl sites for hydroxylation is 1. The van der Waals surface area contributed by atoms with Crippen LogP contribution >= 0.6 is 0 Å². The molecule has 0 fully saturated rings. The molecule has 3 aromatic heterocycles. The highest BCUT2D eigenvalue weighted by molar-refractivity contribution is 5.89. The first kappa shape index (κ1) is 28.6. The van der Waals surface area contributed by atoms with E-state index in [1.165, 1.54) is 11.3 Å². The number of carbonyl (C=O) groups is 1. The van der Waals surface area contributed by atoms with Gasteiger partial charge in [0.25, 0.3) is 0 Å². The number of nitrogens with zero attached hydrogens (tertiary/aromatic N) is 5. The Bertz CT molecular complexity index is 1440. The van der Waals surface area contributed by atoms with Gasteiger partial charge in [-0.15, -0.1) is 0 Å². The molecule has 4 aromatic rings. The summed E-state index contributed by atoms with van der Waals surface area (Å²) in [5, 5.41) is 9.63. The van der Waals surface area contributed by atoms with Gasteiger partial charge >= 0.3 is 6.03 Å². The lowest BCUT2D eigenvalue weighted by Gasteiger charge is -2.32. The number of rotatable bonds is 12. The van der Waals surface area contributed by atoms with Crippen LogP contribution in [0.3, 0.4) is 0 Å². The minimum absolute atomic E-state index is 0.236. The lowest BCUT2D eigenvalue weighted by molar-refractivity contribution is 0.206. The zero-order valence-electron chi connectivity index (χ0n) is 24.4. The summed E-state index contributed by atoms with van der Waals surface area (Å²) in [6, 6.07) is 19.9. The fourth-order valence-corrected chi connectivity index (χ4v) is 5.59. The molecular formula is C32H42N8O. The minimum atomic E-state index is -0.246. The molecule has 0 aliphatic heterocycles. The number of carbonyl (C=O) groups excluding carboxylic acids is 1. The maximum absolute atomic E-state index is 12.9. The molecule has 5 rings (SSSR count). The standard InChI is InChI=1S/C32H42N8O/c1-4-38(2)21-11-20-33-29-17-9-18-30-37-26(23-39(3)27-16-8-12-24-13-10-19-34-31(24)27)28(40(29)30)22-35-32(41)36-25-14-6-5-7-15-25/h5-7,9-10,13-15,17-19,27,33H,4,8,11-12,16,20-23H2,1-3H3,(H2,35,36,41)/t27-/m0/s1. The van der Waals surface area contributed by atoms with Gasteiger partial charge in [-0.1, -0.05) is 37.3 Å². The van der Waals surface area contributed by atoms with Gasteiger partial charge in [-0.05, 0) is 88.8 Å². The van der Waals surface area contributed by atoms with Crippen LogP contribution in [0, 0.1) is 0 Å². The second kappa shape index (κ2) is 13.6. The number of urea groups is 1. The number of amides is 2. The van der Waals surface area contributed by atoms with Crippen LogP contribution in [0.4, 0.5) is 16.3 Å². The van der Waals surface area contributed by atoms with Crippen molar-refractivity contribution >= 4 is 23.2 Å². The number of para-hydroxylation sites is 1. The Morgan fingerprint density at radius 2 is 1.93 bits per heavy atom. The van der Waals surface area contributed by atoms with Crippen molar-refractivity contribution in [3.63, 3.8) is 0 Å². The highest BCUT2D eigenvalue weighted by Gasteiger charge is 2.27. The number of imidazole rings is 1. The Hall–Kier alpha value is -3.95. The van der Waals surface area contributed by atoms with E-state index in [1.54, 1.807) is 0 Å². The first-order valence-electron chi connectivity index (χ1n) is 14.7. The fourth-order valence-electron chi connectivity index (χ4n) is 5.59. The molecule has 0 bridgehead atoms. The predicted molar refractivity (Wildman–Crippen MR) is 165 cm³/mol. The second-order valence-electron chi connectivity index (χ2n) is 10.8. The number of anilines is 2. The van der Waals surface area contributed by atoms with Gasteiger partial charge in [0, 0.05) is 25.0 Å². The Balaban J connectivity index is 1.39. The van der Waals surface area contributed by atoms with E-state index >= 15 is 0 Å². The van der Waals surface area contributed by atoms with E-state index in [0.717, 1.165) is 73.9 Å². The van der Waals surface area contributed by atoms with Crippen molar-refractivity contribution < 1.29 is 4.79 Å². The second-order valence-corrected chi connectivity index (χ2v) is 10.8. The first-order chi connectivity index (χ1) is 20.0. The van der Waals surface area contributed by atoms with Gasteiger partial charge in [0.2, 0.25) is 0 Å². The summed E-state index contributed by atoms with van der Waals surface area (Å²) in [6.45, 7) is 6.09. The third-order valence-corrected chi connectivity index (χ3v) is 7.93. The summed E-state index contributed by atoms with van der Waals surface area (Å²) < 4.78 is 2.16. The van der Waals surface area contributed by atoms with E-state index in [1.807, 2.05) is 54.7 Å². The van der Waals surface area contributed by atoms with Crippen LogP contribution in [0.2, 0.25) is 0 Å². The molecule has 1 atom stereocenters. The van der Waals surface area contributed by atoms with Crippen molar-refractivity contribution in [1.29, 1.82) is 0 Å². The third kappa shape index (κ3) is 7.04. The monoisotopic (exact) mass is 554 g/mol. The molecule has 1 aliphatic carbocycles. The molecule has 216 valence electrons. The number of pyridine rings is 2. The first-order valence-corrected chi connectivity index (χ1v) is 14.7. The number of hydrogen-bond donors (Lipinski definition) is 3. The normalized spacial score (nSPS) is 14.8. The molecule has 0 unspecified atom stereocenters. The molecule has 0 spiro atoms. The van der Waals surface area contributed by atoms with E-state index < -0.39 is 0 Å². The summed E-state index contributed by atoms with van der Waals surface area (Å²) in [7, 11) is 4.30. The topological polar surface area (TPSA) is 89.8 Å². The van der Waals surface area contributed by atoms with Crippen molar-refractivity contribution in [3.8, 4) is 0 Å². The van der Waals surface area contributed by atoms with Crippen molar-refractivity contribution in [2.24, 2.45) is 0 Å². The Morgan fingerprint density at radius 1 is 1.07 bits per heavy atom. The predicted octanol–water partition coefficient (Wildman–Crippen LogP) is 5.31. The van der Waals surface area contributed by atoms with Crippen LogP contribution in [-0.2, 0) is 19.5 Å². The molecule has 1 aromatic carbocycles. The van der Waals surface area contributed by atoms with Gasteiger partial charge in [0.15, 0.2) is 0 Å². The molecule has 41 heavy (non-hydrogen) atoms. The number of benzene rings is 1. The van der Waals surface area contributed by atoms with Crippen molar-refractivity contribution in [3.05, 3.63) is 89.5 Å². The van der Waals surface area contributed by atoms with E-state index in [4.69, 9.17) is 9.97 Å². The van der Waals surface area contributed by atoms with E-state index in [2.05, 4.69) is 63.3 Å². The molecule has 0 radical (unpaired) electrons. The molecule has 9 heteroatoms. The average molecular weight is 555 g/mol. The van der Waals surface area contributed by atoms with Crippen LogP contribution in [0.5, 0.6) is 0 Å². The smallest absolute Gasteiger partial charge is 0.319 e. The van der Waals surface area contributed by atoms with Gasteiger partial charge < -0.3 is 20.9 Å². The summed E-state index contributed by atoms with van der Waals surface area (Å²) in [5.74, 6) is 0.980. The zero-order chi connectivity index (χ0) is 28.6. The number of fused-ring (bicyclic) bond motifs is 2. The van der Waals surface area contributed by atoms with Gasteiger partial charge in [0.1, 0.15) is 11.5 Å². The van der Waals surface area contributed by atoms with Gasteiger partial charge in [-0.25, -0.2) is 9.78 Å². The van der Waals surface area contributed by atoms with Crippen molar-refractivity contribution in [2.75, 3.05) is 44.4 Å². The zero-order valence-corrected chi connectivity index (χ0v) is 24.4. The van der Waals surface area contributed by atoms with E-state index in [9.17, 15) is 4.79 Å². The largest absolute Gasteiger partial charge is 0.371 e. The lowest BCUT2D eigenvalue weighted by atomic mass is 9.91. The number of nitrogens with one attached hydrogen (secondary N) is 3. The van der Waals surface area contributed by atoms with Gasteiger partial charge in [0.05, 0.1) is 29.7 Å². The van der Waals surface area contributed by atoms with Gasteiger partial charge in [-0.2, -0.15) is 0 Å². The molecule has 3 heterocycles. The lowest BCUT2D eigenvalue weighted by Crippen LogP contribution is -2.31. The average Bonchev–Trinajstić information content (AvgIpc) is 3.35. The third-order valence-electron chi connectivity index (χ3n) is 7.93. The van der Waals surface area contributed by atoms with E-state index in [-0.39, 0.29) is 12.1 Å². The summed E-state index contributed by atoms with van der Waals surface area (Å²) in [5.41, 5.74) is 6.06. The van der Waals surface area contributed by atoms with Crippen LogP contribution in [0.1, 0.15) is 54.9 Å². The highest BCUT2D eigenvalue weighted by Crippen LogP contribution is 2.33. The quantitative estimate of drug-likeness (QED) is 0.206. The number of hydrogen-bond acceptors (Lipinski definition) is 6. The molecule has 1 aliphatic rings. The molecule has 0 saturated carbocycles. The van der Waals surface area contributed by atoms with Crippen LogP contribution in [-0.4, -0.2) is 63.9 Å². The van der Waals surface area contributed by atoms with Crippen LogP contribution in [0.25, 0.3) is 5.65 Å². The Labute approximate surface area is 243 Å². The molecular weight excluding hydrogens is 512 g/mol. The Kier molecular flexibility index (Phi) is 9.48. The summed E-state index contributed by atoms with van der Waals surface area (Å²) >= 11 is 0. The highest BCUT2D eigenvalue weighted by atomic mass is 16.2.